The van der Waals surface area contributed by atoms with Crippen LogP contribution in [0, 0.1) is 11.3 Å². The highest BCUT2D eigenvalue weighted by Crippen LogP contribution is 2.41. The van der Waals surface area contributed by atoms with Gasteiger partial charge in [0.25, 0.3) is 0 Å². The van der Waals surface area contributed by atoms with E-state index in [1.165, 1.54) is 11.3 Å². The molecule has 0 aliphatic carbocycles. The topological polar surface area (TPSA) is 127 Å². The lowest BCUT2D eigenvalue weighted by atomic mass is 9.99. The van der Waals surface area contributed by atoms with E-state index in [2.05, 4.69) is 83.4 Å². The van der Waals surface area contributed by atoms with Crippen molar-refractivity contribution < 1.29 is 9.30 Å². The van der Waals surface area contributed by atoms with Gasteiger partial charge in [0.15, 0.2) is 11.3 Å². The number of methoxy groups -OCH3 is 1. The summed E-state index contributed by atoms with van der Waals surface area (Å²) >= 11 is 3.57. The molecule has 0 unspecified atom stereocenters. The number of benzene rings is 1. The van der Waals surface area contributed by atoms with Crippen LogP contribution >= 0.6 is 23.1 Å². The lowest BCUT2D eigenvalue weighted by molar-refractivity contribution is 0.0982. The molecule has 4 aromatic rings. The van der Waals surface area contributed by atoms with E-state index in [9.17, 15) is 9.83 Å². The number of imidazole rings is 1. The number of ether oxygens (including phenoxy) is 1. The molecule has 0 atom stereocenters. The lowest BCUT2D eigenvalue weighted by Crippen LogP contribution is -2.52. The lowest BCUT2D eigenvalue weighted by Gasteiger charge is -2.43. The normalized spacial score (nSPS) is 16.7. The number of aryl methyl sites for hydroxylation is 1. The predicted molar refractivity (Wildman–Crippen MR) is 192 cm³/mol. The monoisotopic (exact) mass is 720 g/mol. The first-order valence-electron chi connectivity index (χ1n) is 16.0. The number of nitrogens with one attached hydrogen (secondary N) is 2. The van der Waals surface area contributed by atoms with Crippen LogP contribution in [0.5, 0.6) is 5.75 Å². The number of piperidine rings is 1. The van der Waals surface area contributed by atoms with Gasteiger partial charge in [0, 0.05) is 75.7 Å². The summed E-state index contributed by atoms with van der Waals surface area (Å²) in [5.41, 5.74) is 4.56. The van der Waals surface area contributed by atoms with Crippen LogP contribution in [0.2, 0.25) is 0 Å². The molecular weight excluding hydrogens is 679 g/mol. The van der Waals surface area contributed by atoms with Gasteiger partial charge in [-0.25, -0.2) is 9.97 Å². The van der Waals surface area contributed by atoms with Crippen LogP contribution in [0.15, 0.2) is 41.3 Å². The molecule has 2 fully saturated rings. The Balaban J connectivity index is 1.23. The van der Waals surface area contributed by atoms with Crippen LogP contribution in [0.25, 0.3) is 5.65 Å². The Morgan fingerprint density at radius 3 is 2.49 bits per heavy atom. The van der Waals surface area contributed by atoms with Crippen molar-refractivity contribution in [2.45, 2.75) is 32.2 Å². The number of anilines is 5. The fourth-order valence-corrected chi connectivity index (χ4v) is 8.25. The molecule has 3 aromatic heterocycles. The molecule has 2 aliphatic heterocycles. The summed E-state index contributed by atoms with van der Waals surface area (Å²) in [5, 5.41) is 16.6. The van der Waals surface area contributed by atoms with Gasteiger partial charge >= 0.3 is 0 Å². The molecule has 2 N–H and O–H groups in total. The molecular formula is C33H42BrN10O2P. The number of likely N-dealkylation sites (N-methyl/N-ethyl adjacent to an activating group) is 1. The van der Waals surface area contributed by atoms with Crippen molar-refractivity contribution in [3.05, 3.63) is 52.5 Å². The summed E-state index contributed by atoms with van der Waals surface area (Å²) in [6.07, 6.45) is 8.28. The number of halogens is 1. The van der Waals surface area contributed by atoms with Gasteiger partial charge in [-0.1, -0.05) is 6.92 Å². The SMILES string of the molecule is CCc1cc(Nc2ncc(Br)c(Nc3ccn4cc(C#N)nc4c3P(C)(C)=O)n2)c(OC)cc1N1CCC(N2CCN(C)CC2)CC1. The zero-order valence-electron chi connectivity index (χ0n) is 27.6. The minimum atomic E-state index is -2.82. The number of fused-ring (bicyclic) bond motifs is 1. The Morgan fingerprint density at radius 2 is 1.83 bits per heavy atom. The molecule has 5 heterocycles. The van der Waals surface area contributed by atoms with Gasteiger partial charge in [-0.3, -0.25) is 4.90 Å². The fourth-order valence-electron chi connectivity index (χ4n) is 6.60. The van der Waals surface area contributed by atoms with Crippen LogP contribution in [0.3, 0.4) is 0 Å². The maximum atomic E-state index is 13.4. The Hall–Kier alpha value is -3.69. The minimum absolute atomic E-state index is 0.258. The second-order valence-corrected chi connectivity index (χ2v) is 16.6. The third-order valence-corrected chi connectivity index (χ3v) is 11.2. The second-order valence-electron chi connectivity index (χ2n) is 12.6. The zero-order chi connectivity index (χ0) is 33.3. The van der Waals surface area contributed by atoms with Crippen LogP contribution < -0.4 is 25.6 Å². The van der Waals surface area contributed by atoms with Crippen molar-refractivity contribution in [3.8, 4) is 11.8 Å². The van der Waals surface area contributed by atoms with E-state index in [4.69, 9.17) is 9.72 Å². The van der Waals surface area contributed by atoms with Crippen molar-refractivity contribution in [2.75, 3.05) is 82.3 Å². The standard InChI is InChI=1S/C33H42BrN10O2P/c1-6-22-17-27(29(46-3)18-28(22)43-10-7-24(8-11-43)42-15-13-41(2)14-16-42)39-33-36-20-25(34)31(40-33)38-26-9-12-44-21-23(19-35)37-32(44)30(26)47(4,5)45/h9,12,17-18,20-21,24H,6-8,10-11,13-16H2,1-5H3,(H2,36,38,39,40). The Morgan fingerprint density at radius 1 is 1.09 bits per heavy atom. The molecule has 0 amide bonds. The Kier molecular flexibility index (Phi) is 9.76. The van der Waals surface area contributed by atoms with E-state index in [1.807, 2.05) is 6.07 Å². The molecule has 47 heavy (non-hydrogen) atoms. The van der Waals surface area contributed by atoms with Crippen molar-refractivity contribution in [1.29, 1.82) is 5.26 Å². The molecule has 6 rings (SSSR count). The molecule has 1 aromatic carbocycles. The Labute approximate surface area is 284 Å². The van der Waals surface area contributed by atoms with E-state index in [-0.39, 0.29) is 5.69 Å². The maximum absolute atomic E-state index is 13.4. The molecule has 0 saturated carbocycles. The number of hydrogen-bond acceptors (Lipinski definition) is 11. The summed E-state index contributed by atoms with van der Waals surface area (Å²) in [7, 11) is 1.07. The molecule has 248 valence electrons. The van der Waals surface area contributed by atoms with Gasteiger partial charge in [-0.2, -0.15) is 10.2 Å². The number of rotatable bonds is 9. The van der Waals surface area contributed by atoms with E-state index >= 15 is 0 Å². The molecule has 14 heteroatoms. The van der Waals surface area contributed by atoms with Crippen LogP contribution in [-0.2, 0) is 11.0 Å². The van der Waals surface area contributed by atoms with Gasteiger partial charge in [-0.05, 0) is 73.3 Å². The third-order valence-electron chi connectivity index (χ3n) is 9.14. The quantitative estimate of drug-likeness (QED) is 0.219. The summed E-state index contributed by atoms with van der Waals surface area (Å²) < 4.78 is 21.7. The van der Waals surface area contributed by atoms with Crippen LogP contribution in [0.4, 0.5) is 28.8 Å². The summed E-state index contributed by atoms with van der Waals surface area (Å²) in [5.74, 6) is 1.59. The van der Waals surface area contributed by atoms with Gasteiger partial charge in [0.1, 0.15) is 24.8 Å². The van der Waals surface area contributed by atoms with Gasteiger partial charge in [-0.15, -0.1) is 0 Å². The molecule has 0 radical (unpaired) electrons. The molecule has 12 nitrogen and oxygen atoms in total. The largest absolute Gasteiger partial charge is 0.494 e. The average Bonchev–Trinajstić information content (AvgIpc) is 3.49. The number of nitrogens with zero attached hydrogens (tertiary/aromatic N) is 8. The molecule has 0 spiro atoms. The first kappa shape index (κ1) is 33.2. The van der Waals surface area contributed by atoms with Crippen LogP contribution in [0.1, 0.15) is 31.0 Å². The second kappa shape index (κ2) is 13.8. The number of hydrogen-bond donors (Lipinski definition) is 2. The molecule has 0 bridgehead atoms. The van der Waals surface area contributed by atoms with Crippen molar-refractivity contribution >= 4 is 62.9 Å². The summed E-state index contributed by atoms with van der Waals surface area (Å²) in [6, 6.07) is 8.81. The van der Waals surface area contributed by atoms with E-state index in [0.29, 0.717) is 38.9 Å². The summed E-state index contributed by atoms with van der Waals surface area (Å²) in [6.45, 7) is 12.2. The first-order valence-corrected chi connectivity index (χ1v) is 19.4. The van der Waals surface area contributed by atoms with Gasteiger partial charge in [0.2, 0.25) is 5.95 Å². The molecule has 2 saturated heterocycles. The number of aromatic nitrogens is 4. The summed E-state index contributed by atoms with van der Waals surface area (Å²) in [4.78, 5) is 21.3. The van der Waals surface area contributed by atoms with E-state index in [0.717, 1.165) is 70.0 Å². The van der Waals surface area contributed by atoms with Crippen molar-refractivity contribution in [3.63, 3.8) is 0 Å². The highest BCUT2D eigenvalue weighted by molar-refractivity contribution is 9.10. The number of pyridine rings is 1. The maximum Gasteiger partial charge on any atom is 0.229 e. The number of piperazine rings is 1. The predicted octanol–water partition coefficient (Wildman–Crippen LogP) is 5.28. The zero-order valence-corrected chi connectivity index (χ0v) is 30.1. The number of nitriles is 1. The first-order chi connectivity index (χ1) is 22.6. The van der Waals surface area contributed by atoms with Gasteiger partial charge < -0.3 is 34.1 Å². The Bertz CT molecular complexity index is 1850. The fraction of sp³-hybridized carbons (Fsp3) is 0.455. The third kappa shape index (κ3) is 7.11. The smallest absolute Gasteiger partial charge is 0.229 e. The van der Waals surface area contributed by atoms with Crippen LogP contribution in [-0.4, -0.2) is 102 Å². The minimum Gasteiger partial charge on any atom is -0.494 e. The van der Waals surface area contributed by atoms with E-state index in [1.54, 1.807) is 43.4 Å². The highest BCUT2D eigenvalue weighted by Gasteiger charge is 2.28. The van der Waals surface area contributed by atoms with Gasteiger partial charge in [0.05, 0.1) is 28.3 Å². The molecule has 2 aliphatic rings. The average molecular weight is 722 g/mol. The van der Waals surface area contributed by atoms with Crippen molar-refractivity contribution in [1.82, 2.24) is 29.2 Å². The van der Waals surface area contributed by atoms with E-state index < -0.39 is 7.14 Å². The highest BCUT2D eigenvalue weighted by atomic mass is 79.9. The van der Waals surface area contributed by atoms with Crippen molar-refractivity contribution in [2.24, 2.45) is 0 Å².